The Balaban J connectivity index is 1.61. The van der Waals surface area contributed by atoms with Crippen LogP contribution in [-0.2, 0) is 16.1 Å². The molecule has 0 saturated carbocycles. The zero-order valence-corrected chi connectivity index (χ0v) is 14.6. The number of benzene rings is 1. The normalized spacial score (nSPS) is 18.1. The van der Waals surface area contributed by atoms with E-state index in [4.69, 9.17) is 13.9 Å². The molecule has 0 unspecified atom stereocenters. The summed E-state index contributed by atoms with van der Waals surface area (Å²) in [6.07, 6.45) is 1.83. The van der Waals surface area contributed by atoms with Gasteiger partial charge < -0.3 is 13.9 Å². The summed E-state index contributed by atoms with van der Waals surface area (Å²) < 4.78 is 16.0. The summed E-state index contributed by atoms with van der Waals surface area (Å²) in [4.78, 5) is 14.1. The summed E-state index contributed by atoms with van der Waals surface area (Å²) in [6, 6.07) is 7.48. The van der Waals surface area contributed by atoms with Crippen LogP contribution in [0.5, 0.6) is 5.75 Å². The molecule has 0 spiro atoms. The van der Waals surface area contributed by atoms with Crippen molar-refractivity contribution in [3.05, 3.63) is 30.2 Å². The van der Waals surface area contributed by atoms with Gasteiger partial charge in [0.2, 0.25) is 11.8 Å². The molecule has 0 amide bonds. The van der Waals surface area contributed by atoms with E-state index in [0.717, 1.165) is 30.7 Å². The van der Waals surface area contributed by atoms with Gasteiger partial charge in [-0.05, 0) is 50.6 Å². The SMILES string of the molecule is CCOC(=O)[C@@H]1CCCN(Cc2nnc(-c3ccc(OC)cc3)o2)C1. The number of hydrogen-bond acceptors (Lipinski definition) is 7. The molecule has 0 N–H and O–H groups in total. The van der Waals surface area contributed by atoms with Crippen molar-refractivity contribution < 1.29 is 18.7 Å². The molecule has 7 heteroatoms. The number of hydrogen-bond donors (Lipinski definition) is 0. The maximum absolute atomic E-state index is 11.9. The standard InChI is InChI=1S/C18H23N3O4/c1-3-24-18(22)14-5-4-10-21(11-14)12-16-19-20-17(25-16)13-6-8-15(23-2)9-7-13/h6-9,14H,3-5,10-12H2,1-2H3/t14-/m1/s1. The molecule has 0 radical (unpaired) electrons. The summed E-state index contributed by atoms with van der Waals surface area (Å²) in [5.74, 6) is 1.63. The molecule has 1 aromatic heterocycles. The number of esters is 1. The first-order chi connectivity index (χ1) is 12.2. The first-order valence-corrected chi connectivity index (χ1v) is 8.55. The van der Waals surface area contributed by atoms with Crippen molar-refractivity contribution in [3.63, 3.8) is 0 Å². The van der Waals surface area contributed by atoms with Gasteiger partial charge >= 0.3 is 5.97 Å². The van der Waals surface area contributed by atoms with Gasteiger partial charge in [0.15, 0.2) is 0 Å². The second kappa shape index (κ2) is 8.11. The average molecular weight is 345 g/mol. The Kier molecular flexibility index (Phi) is 5.65. The highest BCUT2D eigenvalue weighted by Crippen LogP contribution is 2.23. The smallest absolute Gasteiger partial charge is 0.310 e. The Morgan fingerprint density at radius 3 is 2.84 bits per heavy atom. The minimum absolute atomic E-state index is 0.0716. The third kappa shape index (κ3) is 4.36. The first-order valence-electron chi connectivity index (χ1n) is 8.55. The van der Waals surface area contributed by atoms with Crippen LogP contribution >= 0.6 is 0 Å². The van der Waals surface area contributed by atoms with E-state index in [1.807, 2.05) is 31.2 Å². The molecule has 1 aromatic carbocycles. The van der Waals surface area contributed by atoms with Gasteiger partial charge in [-0.15, -0.1) is 10.2 Å². The number of aromatic nitrogens is 2. The first kappa shape index (κ1) is 17.4. The molecule has 3 rings (SSSR count). The molecule has 1 atom stereocenters. The second-order valence-corrected chi connectivity index (χ2v) is 6.06. The summed E-state index contributed by atoms with van der Waals surface area (Å²) in [5.41, 5.74) is 0.850. The Morgan fingerprint density at radius 1 is 1.32 bits per heavy atom. The van der Waals surface area contributed by atoms with Crippen molar-refractivity contribution in [2.45, 2.75) is 26.3 Å². The average Bonchev–Trinajstić information content (AvgIpc) is 3.10. The van der Waals surface area contributed by atoms with Crippen molar-refractivity contribution in [1.82, 2.24) is 15.1 Å². The zero-order chi connectivity index (χ0) is 17.6. The lowest BCUT2D eigenvalue weighted by atomic mass is 9.98. The number of piperidine rings is 1. The molecule has 1 fully saturated rings. The number of ether oxygens (including phenoxy) is 2. The predicted octanol–water partition coefficient (Wildman–Crippen LogP) is 2.52. The Morgan fingerprint density at radius 2 is 2.12 bits per heavy atom. The van der Waals surface area contributed by atoms with Crippen molar-refractivity contribution in [1.29, 1.82) is 0 Å². The van der Waals surface area contributed by atoms with Gasteiger partial charge in [-0.1, -0.05) is 0 Å². The highest BCUT2D eigenvalue weighted by atomic mass is 16.5. The van der Waals surface area contributed by atoms with Crippen LogP contribution in [0.15, 0.2) is 28.7 Å². The monoisotopic (exact) mass is 345 g/mol. The fraction of sp³-hybridized carbons (Fsp3) is 0.500. The molecule has 25 heavy (non-hydrogen) atoms. The number of rotatable bonds is 6. The van der Waals surface area contributed by atoms with Crippen molar-refractivity contribution in [2.75, 3.05) is 26.8 Å². The van der Waals surface area contributed by atoms with Crippen LogP contribution in [0.1, 0.15) is 25.7 Å². The van der Waals surface area contributed by atoms with E-state index < -0.39 is 0 Å². The number of likely N-dealkylation sites (tertiary alicyclic amines) is 1. The molecule has 1 aliphatic rings. The van der Waals surface area contributed by atoms with Crippen LogP contribution in [0.4, 0.5) is 0 Å². The predicted molar refractivity (Wildman–Crippen MR) is 90.9 cm³/mol. The lowest BCUT2D eigenvalue weighted by Crippen LogP contribution is -2.39. The fourth-order valence-corrected chi connectivity index (χ4v) is 3.01. The minimum Gasteiger partial charge on any atom is -0.497 e. The van der Waals surface area contributed by atoms with Gasteiger partial charge in [-0.25, -0.2) is 0 Å². The van der Waals surface area contributed by atoms with Crippen LogP contribution in [0.25, 0.3) is 11.5 Å². The number of carbonyl (C=O) groups excluding carboxylic acids is 1. The second-order valence-electron chi connectivity index (χ2n) is 6.06. The van der Waals surface area contributed by atoms with Gasteiger partial charge in [0, 0.05) is 12.1 Å². The summed E-state index contributed by atoms with van der Waals surface area (Å²) in [7, 11) is 1.63. The van der Waals surface area contributed by atoms with E-state index in [1.165, 1.54) is 0 Å². The summed E-state index contributed by atoms with van der Waals surface area (Å²) in [5, 5.41) is 8.24. The molecular formula is C18H23N3O4. The Hall–Kier alpha value is -2.41. The van der Waals surface area contributed by atoms with Crippen LogP contribution in [0.3, 0.4) is 0 Å². The summed E-state index contributed by atoms with van der Waals surface area (Å²) in [6.45, 7) is 4.37. The van der Waals surface area contributed by atoms with E-state index in [0.29, 0.717) is 31.5 Å². The van der Waals surface area contributed by atoms with E-state index >= 15 is 0 Å². The van der Waals surface area contributed by atoms with E-state index in [2.05, 4.69) is 15.1 Å². The van der Waals surface area contributed by atoms with Crippen molar-refractivity contribution in [3.8, 4) is 17.2 Å². The highest BCUT2D eigenvalue weighted by Gasteiger charge is 2.27. The fourth-order valence-electron chi connectivity index (χ4n) is 3.01. The molecular weight excluding hydrogens is 322 g/mol. The van der Waals surface area contributed by atoms with Gasteiger partial charge in [-0.2, -0.15) is 0 Å². The lowest BCUT2D eigenvalue weighted by Gasteiger charge is -2.30. The largest absolute Gasteiger partial charge is 0.497 e. The van der Waals surface area contributed by atoms with Crippen LogP contribution in [-0.4, -0.2) is 47.9 Å². The molecule has 2 aromatic rings. The van der Waals surface area contributed by atoms with Crippen LogP contribution < -0.4 is 4.74 Å². The van der Waals surface area contributed by atoms with Gasteiger partial charge in [0.1, 0.15) is 5.75 Å². The molecule has 1 saturated heterocycles. The van der Waals surface area contributed by atoms with Crippen molar-refractivity contribution in [2.24, 2.45) is 5.92 Å². The zero-order valence-electron chi connectivity index (χ0n) is 14.6. The number of methoxy groups -OCH3 is 1. The maximum atomic E-state index is 11.9. The van der Waals surface area contributed by atoms with Crippen molar-refractivity contribution >= 4 is 5.97 Å². The molecule has 2 heterocycles. The Bertz CT molecular complexity index is 699. The molecule has 0 bridgehead atoms. The third-order valence-electron chi connectivity index (χ3n) is 4.29. The quantitative estimate of drug-likeness (QED) is 0.744. The highest BCUT2D eigenvalue weighted by molar-refractivity contribution is 5.72. The molecule has 1 aliphatic heterocycles. The molecule has 7 nitrogen and oxygen atoms in total. The minimum atomic E-state index is -0.114. The molecule has 134 valence electrons. The van der Waals surface area contributed by atoms with Gasteiger partial charge in [-0.3, -0.25) is 9.69 Å². The summed E-state index contributed by atoms with van der Waals surface area (Å²) >= 11 is 0. The van der Waals surface area contributed by atoms with Gasteiger partial charge in [0.05, 0.1) is 26.2 Å². The van der Waals surface area contributed by atoms with Crippen LogP contribution in [0.2, 0.25) is 0 Å². The topological polar surface area (TPSA) is 77.7 Å². The van der Waals surface area contributed by atoms with E-state index in [9.17, 15) is 4.79 Å². The lowest BCUT2D eigenvalue weighted by molar-refractivity contribution is -0.150. The third-order valence-corrected chi connectivity index (χ3v) is 4.29. The van der Waals surface area contributed by atoms with E-state index in [1.54, 1.807) is 7.11 Å². The number of nitrogens with zero attached hydrogens (tertiary/aromatic N) is 3. The van der Waals surface area contributed by atoms with E-state index in [-0.39, 0.29) is 11.9 Å². The number of carbonyl (C=O) groups is 1. The molecule has 0 aliphatic carbocycles. The van der Waals surface area contributed by atoms with Crippen LogP contribution in [0, 0.1) is 5.92 Å². The Labute approximate surface area is 146 Å². The maximum Gasteiger partial charge on any atom is 0.310 e. The van der Waals surface area contributed by atoms with Gasteiger partial charge in [0.25, 0.3) is 0 Å².